The lowest BCUT2D eigenvalue weighted by molar-refractivity contribution is -0.0161. The highest BCUT2D eigenvalue weighted by Crippen LogP contribution is 2.35. The van der Waals surface area contributed by atoms with E-state index in [2.05, 4.69) is 5.10 Å². The van der Waals surface area contributed by atoms with Gasteiger partial charge in [0.25, 0.3) is 11.8 Å². The second kappa shape index (κ2) is 8.20. The highest BCUT2D eigenvalue weighted by atomic mass is 19.3. The molecule has 0 unspecified atom stereocenters. The van der Waals surface area contributed by atoms with Gasteiger partial charge in [-0.15, -0.1) is 0 Å². The number of hydrogen-bond acceptors (Lipinski definition) is 4. The molecule has 0 saturated carbocycles. The van der Waals surface area contributed by atoms with Crippen molar-refractivity contribution in [2.75, 3.05) is 26.2 Å². The van der Waals surface area contributed by atoms with Crippen molar-refractivity contribution in [3.8, 4) is 0 Å². The second-order valence-electron chi connectivity index (χ2n) is 7.84. The number of halogens is 2. The van der Waals surface area contributed by atoms with E-state index in [1.165, 1.54) is 0 Å². The molecule has 0 radical (unpaired) electrons. The molecule has 1 aromatic heterocycles. The number of likely N-dealkylation sites (tertiary alicyclic amines) is 2. The third-order valence-corrected chi connectivity index (χ3v) is 5.66. The summed E-state index contributed by atoms with van der Waals surface area (Å²) in [7, 11) is 0. The molecule has 6 nitrogen and oxygen atoms in total. The standard InChI is InChI=1S/C21H26F2N4O2/c1-2-26-10-17(9-24-26)20(28)25-11-19(12-25)27-15-21(22,23)8-18(27)14-29-13-16-6-4-3-5-7-16/h3-7,9-10,18-19H,2,8,11-15H2,1H3/t18-/m0/s1. The highest BCUT2D eigenvalue weighted by Gasteiger charge is 2.50. The van der Waals surface area contributed by atoms with E-state index in [0.29, 0.717) is 31.8 Å². The third kappa shape index (κ3) is 4.48. The lowest BCUT2D eigenvalue weighted by Crippen LogP contribution is -2.62. The van der Waals surface area contributed by atoms with Crippen LogP contribution in [0.1, 0.15) is 29.3 Å². The van der Waals surface area contributed by atoms with Gasteiger partial charge in [0.15, 0.2) is 0 Å². The number of hydrogen-bond donors (Lipinski definition) is 0. The minimum atomic E-state index is -2.71. The van der Waals surface area contributed by atoms with E-state index >= 15 is 0 Å². The molecule has 2 aromatic rings. The molecule has 2 saturated heterocycles. The number of aryl methyl sites for hydroxylation is 1. The van der Waals surface area contributed by atoms with E-state index < -0.39 is 5.92 Å². The van der Waals surface area contributed by atoms with Gasteiger partial charge in [0.2, 0.25) is 0 Å². The maximum Gasteiger partial charge on any atom is 0.262 e. The molecule has 1 atom stereocenters. The van der Waals surface area contributed by atoms with Gasteiger partial charge in [-0.2, -0.15) is 5.10 Å². The van der Waals surface area contributed by atoms with Crippen molar-refractivity contribution in [3.63, 3.8) is 0 Å². The molecule has 29 heavy (non-hydrogen) atoms. The zero-order chi connectivity index (χ0) is 20.4. The van der Waals surface area contributed by atoms with Crippen LogP contribution >= 0.6 is 0 Å². The Balaban J connectivity index is 1.31. The fraction of sp³-hybridized carbons (Fsp3) is 0.524. The number of ether oxygens (including phenoxy) is 1. The number of aromatic nitrogens is 2. The molecule has 156 valence electrons. The SMILES string of the molecule is CCn1cc(C(=O)N2CC(N3CC(F)(F)C[C@H]3COCc3ccccc3)C2)cn1. The van der Waals surface area contributed by atoms with Crippen LogP contribution in [0.3, 0.4) is 0 Å². The Morgan fingerprint density at radius 1 is 1.28 bits per heavy atom. The monoisotopic (exact) mass is 404 g/mol. The molecule has 2 aliphatic rings. The number of nitrogens with zero attached hydrogens (tertiary/aromatic N) is 4. The fourth-order valence-electron chi connectivity index (χ4n) is 4.05. The number of carbonyl (C=O) groups excluding carboxylic acids is 1. The summed E-state index contributed by atoms with van der Waals surface area (Å²) in [6.45, 7) is 3.97. The van der Waals surface area contributed by atoms with Crippen molar-refractivity contribution >= 4 is 5.91 Å². The van der Waals surface area contributed by atoms with Crippen LogP contribution in [0.5, 0.6) is 0 Å². The molecule has 2 fully saturated rings. The molecule has 4 rings (SSSR count). The summed E-state index contributed by atoms with van der Waals surface area (Å²) in [4.78, 5) is 16.1. The largest absolute Gasteiger partial charge is 0.375 e. The molecule has 0 spiro atoms. The zero-order valence-electron chi connectivity index (χ0n) is 16.5. The van der Waals surface area contributed by atoms with Crippen LogP contribution in [0.25, 0.3) is 0 Å². The molecule has 2 aliphatic heterocycles. The first kappa shape index (κ1) is 20.0. The Labute approximate surface area is 169 Å². The molecule has 1 amide bonds. The molecule has 3 heterocycles. The zero-order valence-corrected chi connectivity index (χ0v) is 16.5. The first-order valence-corrected chi connectivity index (χ1v) is 10.0. The van der Waals surface area contributed by atoms with Crippen LogP contribution in [0.2, 0.25) is 0 Å². The van der Waals surface area contributed by atoms with Crippen LogP contribution in [-0.2, 0) is 17.9 Å². The van der Waals surface area contributed by atoms with Gasteiger partial charge in [0, 0.05) is 44.3 Å². The van der Waals surface area contributed by atoms with Crippen LogP contribution in [-0.4, -0.2) is 69.7 Å². The van der Waals surface area contributed by atoms with E-state index in [-0.39, 0.29) is 37.6 Å². The Morgan fingerprint density at radius 3 is 2.72 bits per heavy atom. The first-order valence-electron chi connectivity index (χ1n) is 10.0. The van der Waals surface area contributed by atoms with Crippen molar-refractivity contribution in [1.29, 1.82) is 0 Å². The first-order chi connectivity index (χ1) is 13.9. The third-order valence-electron chi connectivity index (χ3n) is 5.66. The molecule has 1 aromatic carbocycles. The van der Waals surface area contributed by atoms with Crippen molar-refractivity contribution < 1.29 is 18.3 Å². The average Bonchev–Trinajstić information content (AvgIpc) is 3.26. The summed E-state index contributed by atoms with van der Waals surface area (Å²) in [5.41, 5.74) is 1.57. The lowest BCUT2D eigenvalue weighted by atomic mass is 10.0. The van der Waals surface area contributed by atoms with Gasteiger partial charge in [-0.25, -0.2) is 8.78 Å². The smallest absolute Gasteiger partial charge is 0.262 e. The second-order valence-corrected chi connectivity index (χ2v) is 7.84. The van der Waals surface area contributed by atoms with Gasteiger partial charge < -0.3 is 9.64 Å². The maximum absolute atomic E-state index is 14.1. The summed E-state index contributed by atoms with van der Waals surface area (Å²) in [5.74, 6) is -2.81. The number of amides is 1. The summed E-state index contributed by atoms with van der Waals surface area (Å²) in [5, 5.41) is 4.13. The fourth-order valence-corrected chi connectivity index (χ4v) is 4.05. The van der Waals surface area contributed by atoms with Crippen molar-refractivity contribution in [1.82, 2.24) is 19.6 Å². The van der Waals surface area contributed by atoms with Crippen LogP contribution in [0.15, 0.2) is 42.7 Å². The molecule has 8 heteroatoms. The maximum atomic E-state index is 14.1. The summed E-state index contributed by atoms with van der Waals surface area (Å²) in [6, 6.07) is 9.31. The van der Waals surface area contributed by atoms with E-state index in [9.17, 15) is 13.6 Å². The predicted octanol–water partition coefficient (Wildman–Crippen LogP) is 2.65. The van der Waals surface area contributed by atoms with Gasteiger partial charge in [-0.1, -0.05) is 30.3 Å². The number of carbonyl (C=O) groups is 1. The Kier molecular flexibility index (Phi) is 5.65. The van der Waals surface area contributed by atoms with Crippen LogP contribution in [0.4, 0.5) is 8.78 Å². The quantitative estimate of drug-likeness (QED) is 0.712. The van der Waals surface area contributed by atoms with Crippen LogP contribution < -0.4 is 0 Å². The predicted molar refractivity (Wildman–Crippen MR) is 104 cm³/mol. The number of benzene rings is 1. The normalized spacial score (nSPS) is 22.0. The molecule has 0 N–H and O–H groups in total. The molecule has 0 bridgehead atoms. The number of rotatable bonds is 7. The Hall–Kier alpha value is -2.32. The minimum Gasteiger partial charge on any atom is -0.375 e. The van der Waals surface area contributed by atoms with Crippen LogP contribution in [0, 0.1) is 0 Å². The highest BCUT2D eigenvalue weighted by molar-refractivity contribution is 5.94. The van der Waals surface area contributed by atoms with Gasteiger partial charge in [0.05, 0.1) is 31.5 Å². The molecular formula is C21H26F2N4O2. The molecule has 0 aliphatic carbocycles. The van der Waals surface area contributed by atoms with Gasteiger partial charge in [0.1, 0.15) is 0 Å². The van der Waals surface area contributed by atoms with E-state index in [1.54, 1.807) is 22.0 Å². The van der Waals surface area contributed by atoms with Crippen molar-refractivity contribution in [3.05, 3.63) is 53.9 Å². The van der Waals surface area contributed by atoms with E-state index in [1.807, 2.05) is 42.2 Å². The van der Waals surface area contributed by atoms with E-state index in [0.717, 1.165) is 5.56 Å². The van der Waals surface area contributed by atoms with Crippen molar-refractivity contribution in [2.45, 2.75) is 44.5 Å². The topological polar surface area (TPSA) is 50.6 Å². The lowest BCUT2D eigenvalue weighted by Gasteiger charge is -2.45. The van der Waals surface area contributed by atoms with Crippen molar-refractivity contribution in [2.24, 2.45) is 0 Å². The van der Waals surface area contributed by atoms with Gasteiger partial charge >= 0.3 is 0 Å². The molecular weight excluding hydrogens is 378 g/mol. The summed E-state index contributed by atoms with van der Waals surface area (Å²) >= 11 is 0. The number of alkyl halides is 2. The average molecular weight is 404 g/mol. The van der Waals surface area contributed by atoms with Gasteiger partial charge in [-0.3, -0.25) is 14.4 Å². The Morgan fingerprint density at radius 2 is 2.03 bits per heavy atom. The summed E-state index contributed by atoms with van der Waals surface area (Å²) < 4.78 is 35.6. The van der Waals surface area contributed by atoms with E-state index in [4.69, 9.17) is 4.74 Å². The Bertz CT molecular complexity index is 836. The summed E-state index contributed by atoms with van der Waals surface area (Å²) in [6.07, 6.45) is 3.08. The minimum absolute atomic E-state index is 0.0566. The van der Waals surface area contributed by atoms with Gasteiger partial charge in [-0.05, 0) is 12.5 Å².